The first-order valence-electron chi connectivity index (χ1n) is 6.13. The van der Waals surface area contributed by atoms with Crippen LogP contribution in [0.25, 0.3) is 0 Å². The van der Waals surface area contributed by atoms with E-state index in [2.05, 4.69) is 0 Å². The molecule has 0 amide bonds. The molecular formula is C12H21NO2. The van der Waals surface area contributed by atoms with E-state index in [1.165, 1.54) is 25.7 Å². The van der Waals surface area contributed by atoms with E-state index in [-0.39, 0.29) is 5.97 Å². The van der Waals surface area contributed by atoms with Gasteiger partial charge in [-0.3, -0.25) is 4.79 Å². The second-order valence-corrected chi connectivity index (χ2v) is 5.03. The summed E-state index contributed by atoms with van der Waals surface area (Å²) in [4.78, 5) is 11.4. The molecule has 2 fully saturated rings. The van der Waals surface area contributed by atoms with Gasteiger partial charge < -0.3 is 10.5 Å². The predicted octanol–water partition coefficient (Wildman–Crippen LogP) is 1.70. The number of nitrogens with two attached hydrogens (primary N) is 1. The number of carbonyl (C=O) groups is 1. The zero-order chi connectivity index (χ0) is 10.8. The summed E-state index contributed by atoms with van der Waals surface area (Å²) in [5.41, 5.74) is 5.84. The normalized spacial score (nSPS) is 35.5. The lowest BCUT2D eigenvalue weighted by Crippen LogP contribution is -2.35. The SMILES string of the molecule is CCOC(=O)C(N)CC1CC2CCC1C2. The second kappa shape index (κ2) is 4.52. The van der Waals surface area contributed by atoms with Gasteiger partial charge in [0.05, 0.1) is 6.61 Å². The predicted molar refractivity (Wildman–Crippen MR) is 58.2 cm³/mol. The third kappa shape index (κ3) is 2.33. The van der Waals surface area contributed by atoms with E-state index in [1.54, 1.807) is 0 Å². The van der Waals surface area contributed by atoms with Crippen molar-refractivity contribution in [2.75, 3.05) is 6.61 Å². The lowest BCUT2D eigenvalue weighted by molar-refractivity contribution is -0.145. The molecule has 2 aliphatic rings. The number of fused-ring (bicyclic) bond motifs is 2. The second-order valence-electron chi connectivity index (χ2n) is 5.03. The summed E-state index contributed by atoms with van der Waals surface area (Å²) in [6.45, 7) is 2.26. The van der Waals surface area contributed by atoms with Gasteiger partial charge in [0.2, 0.25) is 0 Å². The minimum Gasteiger partial charge on any atom is -0.465 e. The topological polar surface area (TPSA) is 52.3 Å². The Labute approximate surface area is 91.4 Å². The minimum atomic E-state index is -0.394. The van der Waals surface area contributed by atoms with Crippen molar-refractivity contribution < 1.29 is 9.53 Å². The maximum atomic E-state index is 11.4. The first-order chi connectivity index (χ1) is 7.20. The molecule has 2 aliphatic carbocycles. The molecule has 2 N–H and O–H groups in total. The number of esters is 1. The van der Waals surface area contributed by atoms with Crippen LogP contribution in [-0.4, -0.2) is 18.6 Å². The molecule has 2 bridgehead atoms. The van der Waals surface area contributed by atoms with Crippen LogP contribution in [0.3, 0.4) is 0 Å². The van der Waals surface area contributed by atoms with E-state index in [1.807, 2.05) is 6.92 Å². The fraction of sp³-hybridized carbons (Fsp3) is 0.917. The van der Waals surface area contributed by atoms with Crippen molar-refractivity contribution in [3.05, 3.63) is 0 Å². The molecule has 3 heteroatoms. The summed E-state index contributed by atoms with van der Waals surface area (Å²) < 4.78 is 4.93. The maximum absolute atomic E-state index is 11.4. The number of hydrogen-bond donors (Lipinski definition) is 1. The molecule has 0 aromatic carbocycles. The molecule has 0 saturated heterocycles. The van der Waals surface area contributed by atoms with Gasteiger partial charge in [-0.1, -0.05) is 6.42 Å². The maximum Gasteiger partial charge on any atom is 0.322 e. The molecule has 15 heavy (non-hydrogen) atoms. The summed E-state index contributed by atoms with van der Waals surface area (Å²) in [5.74, 6) is 2.23. The zero-order valence-electron chi connectivity index (χ0n) is 9.45. The van der Waals surface area contributed by atoms with Gasteiger partial charge in [0, 0.05) is 0 Å². The molecule has 3 nitrogen and oxygen atoms in total. The number of carbonyl (C=O) groups excluding carboxylic acids is 1. The van der Waals surface area contributed by atoms with Gasteiger partial charge in [-0.15, -0.1) is 0 Å². The van der Waals surface area contributed by atoms with Crippen LogP contribution >= 0.6 is 0 Å². The van der Waals surface area contributed by atoms with Gasteiger partial charge in [-0.2, -0.15) is 0 Å². The highest BCUT2D eigenvalue weighted by Crippen LogP contribution is 2.49. The van der Waals surface area contributed by atoms with Crippen molar-refractivity contribution in [1.82, 2.24) is 0 Å². The van der Waals surface area contributed by atoms with Crippen LogP contribution in [0.1, 0.15) is 39.0 Å². The summed E-state index contributed by atoms with van der Waals surface area (Å²) in [5, 5.41) is 0. The fourth-order valence-corrected chi connectivity index (χ4v) is 3.34. The highest BCUT2D eigenvalue weighted by Gasteiger charge is 2.40. The Bertz CT molecular complexity index is 242. The lowest BCUT2D eigenvalue weighted by atomic mass is 9.84. The smallest absolute Gasteiger partial charge is 0.322 e. The Balaban J connectivity index is 1.79. The Morgan fingerprint density at radius 1 is 1.47 bits per heavy atom. The molecular weight excluding hydrogens is 190 g/mol. The molecule has 86 valence electrons. The van der Waals surface area contributed by atoms with Crippen molar-refractivity contribution in [3.63, 3.8) is 0 Å². The fourth-order valence-electron chi connectivity index (χ4n) is 3.34. The molecule has 0 heterocycles. The van der Waals surface area contributed by atoms with Gasteiger partial charge in [0.15, 0.2) is 0 Å². The van der Waals surface area contributed by atoms with E-state index < -0.39 is 6.04 Å². The first kappa shape index (κ1) is 10.9. The van der Waals surface area contributed by atoms with Crippen molar-refractivity contribution in [2.45, 2.75) is 45.1 Å². The quantitative estimate of drug-likeness (QED) is 0.720. The average molecular weight is 211 g/mol. The van der Waals surface area contributed by atoms with E-state index in [4.69, 9.17) is 10.5 Å². The first-order valence-corrected chi connectivity index (χ1v) is 6.13. The van der Waals surface area contributed by atoms with Crippen LogP contribution < -0.4 is 5.73 Å². The standard InChI is InChI=1S/C12H21NO2/c1-2-15-12(14)11(13)7-10-6-8-3-4-9(10)5-8/h8-11H,2-7,13H2,1H3. The zero-order valence-corrected chi connectivity index (χ0v) is 9.45. The summed E-state index contributed by atoms with van der Waals surface area (Å²) >= 11 is 0. The number of rotatable bonds is 4. The highest BCUT2D eigenvalue weighted by molar-refractivity contribution is 5.75. The molecule has 0 spiro atoms. The molecule has 2 saturated carbocycles. The number of ether oxygens (including phenoxy) is 1. The van der Waals surface area contributed by atoms with Crippen molar-refractivity contribution in [2.24, 2.45) is 23.5 Å². The summed E-state index contributed by atoms with van der Waals surface area (Å²) in [7, 11) is 0. The molecule has 4 unspecified atom stereocenters. The molecule has 4 atom stereocenters. The molecule has 0 radical (unpaired) electrons. The van der Waals surface area contributed by atoms with E-state index in [9.17, 15) is 4.79 Å². The third-order valence-corrected chi connectivity index (χ3v) is 4.03. The highest BCUT2D eigenvalue weighted by atomic mass is 16.5. The Hall–Kier alpha value is -0.570. The Kier molecular flexibility index (Phi) is 3.29. The van der Waals surface area contributed by atoms with Crippen molar-refractivity contribution >= 4 is 5.97 Å². The van der Waals surface area contributed by atoms with Gasteiger partial charge >= 0.3 is 5.97 Å². The van der Waals surface area contributed by atoms with Crippen LogP contribution in [0.15, 0.2) is 0 Å². The minimum absolute atomic E-state index is 0.222. The Morgan fingerprint density at radius 3 is 2.80 bits per heavy atom. The van der Waals surface area contributed by atoms with Crippen molar-refractivity contribution in [3.8, 4) is 0 Å². The van der Waals surface area contributed by atoms with Crippen LogP contribution in [0, 0.1) is 17.8 Å². The van der Waals surface area contributed by atoms with Gasteiger partial charge in [-0.05, 0) is 50.4 Å². The largest absolute Gasteiger partial charge is 0.465 e. The average Bonchev–Trinajstić information content (AvgIpc) is 2.79. The van der Waals surface area contributed by atoms with E-state index >= 15 is 0 Å². The van der Waals surface area contributed by atoms with Gasteiger partial charge in [0.25, 0.3) is 0 Å². The third-order valence-electron chi connectivity index (χ3n) is 4.03. The molecule has 2 rings (SSSR count). The summed E-state index contributed by atoms with van der Waals surface area (Å²) in [6, 6.07) is -0.394. The van der Waals surface area contributed by atoms with Gasteiger partial charge in [-0.25, -0.2) is 0 Å². The Morgan fingerprint density at radius 2 is 2.27 bits per heavy atom. The summed E-state index contributed by atoms with van der Waals surface area (Å²) in [6.07, 6.45) is 6.25. The molecule has 0 aromatic rings. The van der Waals surface area contributed by atoms with Crippen molar-refractivity contribution in [1.29, 1.82) is 0 Å². The van der Waals surface area contributed by atoms with Crippen LogP contribution in [0.5, 0.6) is 0 Å². The van der Waals surface area contributed by atoms with Crippen LogP contribution in [0.4, 0.5) is 0 Å². The monoisotopic (exact) mass is 211 g/mol. The van der Waals surface area contributed by atoms with E-state index in [0.29, 0.717) is 12.5 Å². The number of hydrogen-bond acceptors (Lipinski definition) is 3. The lowest BCUT2D eigenvalue weighted by Gasteiger charge is -2.23. The molecule has 0 aromatic heterocycles. The van der Waals surface area contributed by atoms with Crippen LogP contribution in [0.2, 0.25) is 0 Å². The van der Waals surface area contributed by atoms with Gasteiger partial charge in [0.1, 0.15) is 6.04 Å². The van der Waals surface area contributed by atoms with Crippen LogP contribution in [-0.2, 0) is 9.53 Å². The molecule has 0 aliphatic heterocycles. The van der Waals surface area contributed by atoms with E-state index in [0.717, 1.165) is 18.3 Å².